The molecule has 0 heteroatoms. The van der Waals surface area contributed by atoms with Crippen LogP contribution in [0.2, 0.25) is 0 Å². The van der Waals surface area contributed by atoms with Crippen molar-refractivity contribution in [2.24, 2.45) is 23.7 Å². The Morgan fingerprint density at radius 3 is 2.88 bits per heavy atom. The Morgan fingerprint density at radius 2 is 2.00 bits per heavy atom. The van der Waals surface area contributed by atoms with Gasteiger partial charge < -0.3 is 0 Å². The number of hydrogen-bond acceptors (Lipinski definition) is 0. The van der Waals surface area contributed by atoms with Crippen LogP contribution in [-0.4, -0.2) is 0 Å². The zero-order valence-electron chi connectivity index (χ0n) is 10.6. The van der Waals surface area contributed by atoms with Crippen LogP contribution in [0.5, 0.6) is 0 Å². The Bertz CT molecular complexity index is 334. The highest BCUT2D eigenvalue weighted by molar-refractivity contribution is 5.40. The minimum atomic E-state index is 0.665. The van der Waals surface area contributed by atoms with Gasteiger partial charge in [-0.15, -0.1) is 0 Å². The molecule has 1 fully saturated rings. The number of rotatable bonds is 0. The van der Waals surface area contributed by atoms with E-state index in [1.165, 1.54) is 32.1 Å². The normalized spacial score (nSPS) is 42.9. The number of allylic oxidation sites excluding steroid dienone is 4. The molecule has 0 aromatic carbocycles. The molecule has 0 amide bonds. The second kappa shape index (κ2) is 4.05. The first-order valence-electron chi connectivity index (χ1n) is 7.00. The Kier molecular flexibility index (Phi) is 2.69. The monoisotopic (exact) mass is 215 g/mol. The highest BCUT2D eigenvalue weighted by Gasteiger charge is 2.35. The van der Waals surface area contributed by atoms with Crippen molar-refractivity contribution in [2.75, 3.05) is 0 Å². The van der Waals surface area contributed by atoms with Crippen molar-refractivity contribution in [1.29, 1.82) is 0 Å². The van der Waals surface area contributed by atoms with Crippen LogP contribution in [0.1, 0.15) is 46.0 Å². The van der Waals surface area contributed by atoms with Gasteiger partial charge in [-0.1, -0.05) is 38.0 Å². The van der Waals surface area contributed by atoms with E-state index in [1.807, 2.05) is 0 Å². The molecule has 0 heterocycles. The van der Waals surface area contributed by atoms with Gasteiger partial charge in [0.25, 0.3) is 0 Å². The van der Waals surface area contributed by atoms with Crippen LogP contribution in [0, 0.1) is 30.1 Å². The molecule has 1 saturated carbocycles. The molecule has 1 radical (unpaired) electrons. The molecule has 0 aromatic heterocycles. The van der Waals surface area contributed by atoms with E-state index in [0.717, 1.165) is 17.8 Å². The molecule has 0 aromatic rings. The predicted octanol–water partition coefficient (Wildman–Crippen LogP) is 4.54. The summed E-state index contributed by atoms with van der Waals surface area (Å²) in [5.41, 5.74) is 3.40. The van der Waals surface area contributed by atoms with Gasteiger partial charge in [0, 0.05) is 0 Å². The van der Waals surface area contributed by atoms with Crippen molar-refractivity contribution in [3.05, 3.63) is 29.7 Å². The molecular formula is C16H23. The molecule has 4 unspecified atom stereocenters. The average Bonchev–Trinajstić information content (AvgIpc) is 2.28. The van der Waals surface area contributed by atoms with Gasteiger partial charge >= 0.3 is 0 Å². The van der Waals surface area contributed by atoms with Crippen LogP contribution in [0.3, 0.4) is 0 Å². The molecule has 0 N–H and O–H groups in total. The molecule has 4 atom stereocenters. The maximum atomic E-state index is 2.50. The lowest BCUT2D eigenvalue weighted by atomic mass is 9.64. The van der Waals surface area contributed by atoms with Gasteiger partial charge in [-0.25, -0.2) is 0 Å². The number of fused-ring (bicyclic) bond motifs is 2. The summed E-state index contributed by atoms with van der Waals surface area (Å²) in [5.74, 6) is 3.53. The first-order chi connectivity index (χ1) is 7.74. The van der Waals surface area contributed by atoms with Crippen molar-refractivity contribution < 1.29 is 0 Å². The SMILES string of the molecule is CC1[CH]C2=C(C=C1)C1CCC(C)CC1CC2. The van der Waals surface area contributed by atoms with Crippen molar-refractivity contribution in [3.63, 3.8) is 0 Å². The maximum Gasteiger partial charge on any atom is -0.00655 e. The van der Waals surface area contributed by atoms with Crippen molar-refractivity contribution in [2.45, 2.75) is 46.0 Å². The summed E-state index contributed by atoms with van der Waals surface area (Å²) >= 11 is 0. The van der Waals surface area contributed by atoms with Crippen molar-refractivity contribution in [3.8, 4) is 0 Å². The van der Waals surface area contributed by atoms with Gasteiger partial charge in [0.1, 0.15) is 0 Å². The quantitative estimate of drug-likeness (QED) is 0.556. The first-order valence-corrected chi connectivity index (χ1v) is 7.00. The Morgan fingerprint density at radius 1 is 1.12 bits per heavy atom. The summed E-state index contributed by atoms with van der Waals surface area (Å²) in [4.78, 5) is 0. The van der Waals surface area contributed by atoms with Crippen LogP contribution < -0.4 is 0 Å². The molecule has 16 heavy (non-hydrogen) atoms. The van der Waals surface area contributed by atoms with E-state index in [-0.39, 0.29) is 0 Å². The lowest BCUT2D eigenvalue weighted by Gasteiger charge is -2.41. The summed E-state index contributed by atoms with van der Waals surface area (Å²) in [6.45, 7) is 4.74. The molecule has 3 aliphatic rings. The smallest absolute Gasteiger partial charge is 0.00655 e. The van der Waals surface area contributed by atoms with Crippen LogP contribution in [0.15, 0.2) is 23.3 Å². The Labute approximate surface area is 99.8 Å². The lowest BCUT2D eigenvalue weighted by molar-refractivity contribution is 0.196. The van der Waals surface area contributed by atoms with E-state index < -0.39 is 0 Å². The third-order valence-electron chi connectivity index (χ3n) is 4.84. The molecular weight excluding hydrogens is 192 g/mol. The summed E-state index contributed by atoms with van der Waals surface area (Å²) in [6.07, 6.45) is 14.5. The third kappa shape index (κ3) is 1.77. The summed E-state index contributed by atoms with van der Waals surface area (Å²) in [7, 11) is 0. The van der Waals surface area contributed by atoms with Gasteiger partial charge in [0.15, 0.2) is 0 Å². The molecule has 3 aliphatic carbocycles. The second-order valence-corrected chi connectivity index (χ2v) is 6.19. The topological polar surface area (TPSA) is 0 Å². The fourth-order valence-electron chi connectivity index (χ4n) is 3.99. The minimum absolute atomic E-state index is 0.665. The molecule has 3 rings (SSSR count). The highest BCUT2D eigenvalue weighted by Crippen LogP contribution is 2.47. The van der Waals surface area contributed by atoms with Crippen molar-refractivity contribution >= 4 is 0 Å². The number of hydrogen-bond donors (Lipinski definition) is 0. The standard InChI is InChI=1S/C16H23/c1-11-3-7-15-13(9-11)5-6-14-10-12(2)4-8-16(14)15/h3,7,9,11-12,14,16H,4-6,8,10H2,1-2H3. The Balaban J connectivity index is 1.85. The minimum Gasteiger partial charge on any atom is -0.0808 e. The van der Waals surface area contributed by atoms with Gasteiger partial charge in [-0.05, 0) is 61.3 Å². The summed E-state index contributed by atoms with van der Waals surface area (Å²) < 4.78 is 0. The fourth-order valence-corrected chi connectivity index (χ4v) is 3.99. The average molecular weight is 215 g/mol. The summed E-state index contributed by atoms with van der Waals surface area (Å²) in [6, 6.07) is 0. The molecule has 0 saturated heterocycles. The zero-order valence-corrected chi connectivity index (χ0v) is 10.6. The van der Waals surface area contributed by atoms with Gasteiger partial charge in [0.2, 0.25) is 0 Å². The van der Waals surface area contributed by atoms with Crippen LogP contribution in [0.4, 0.5) is 0 Å². The van der Waals surface area contributed by atoms with Crippen LogP contribution in [-0.2, 0) is 0 Å². The maximum absolute atomic E-state index is 2.50. The predicted molar refractivity (Wildman–Crippen MR) is 68.9 cm³/mol. The van der Waals surface area contributed by atoms with Crippen molar-refractivity contribution in [1.82, 2.24) is 0 Å². The van der Waals surface area contributed by atoms with Gasteiger partial charge in [-0.3, -0.25) is 0 Å². The van der Waals surface area contributed by atoms with E-state index in [9.17, 15) is 0 Å². The zero-order chi connectivity index (χ0) is 11.1. The first kappa shape index (κ1) is 10.6. The lowest BCUT2D eigenvalue weighted by Crippen LogP contribution is -2.30. The van der Waals surface area contributed by atoms with E-state index in [0.29, 0.717) is 5.92 Å². The second-order valence-electron chi connectivity index (χ2n) is 6.19. The molecule has 0 nitrogen and oxygen atoms in total. The van der Waals surface area contributed by atoms with E-state index in [4.69, 9.17) is 0 Å². The highest BCUT2D eigenvalue weighted by atomic mass is 14.4. The van der Waals surface area contributed by atoms with E-state index in [2.05, 4.69) is 32.4 Å². The third-order valence-corrected chi connectivity index (χ3v) is 4.84. The van der Waals surface area contributed by atoms with Crippen LogP contribution in [0.25, 0.3) is 0 Å². The van der Waals surface area contributed by atoms with Gasteiger partial charge in [-0.2, -0.15) is 0 Å². The fraction of sp³-hybridized carbons (Fsp3) is 0.688. The molecule has 0 spiro atoms. The van der Waals surface area contributed by atoms with Gasteiger partial charge in [0.05, 0.1) is 0 Å². The van der Waals surface area contributed by atoms with E-state index >= 15 is 0 Å². The molecule has 0 bridgehead atoms. The van der Waals surface area contributed by atoms with Crippen LogP contribution >= 0.6 is 0 Å². The molecule has 0 aliphatic heterocycles. The molecule has 87 valence electrons. The largest absolute Gasteiger partial charge is 0.0808 e. The van der Waals surface area contributed by atoms with E-state index in [1.54, 1.807) is 11.1 Å². The summed E-state index contributed by atoms with van der Waals surface area (Å²) in [5, 5.41) is 0. The Hall–Kier alpha value is -0.520.